The molecule has 1 atom stereocenters. The lowest BCUT2D eigenvalue weighted by Gasteiger charge is -2.17. The van der Waals surface area contributed by atoms with Crippen molar-refractivity contribution in [2.45, 2.75) is 19.9 Å². The van der Waals surface area contributed by atoms with Gasteiger partial charge < -0.3 is 10.2 Å². The molecule has 1 unspecified atom stereocenters. The van der Waals surface area contributed by atoms with E-state index >= 15 is 0 Å². The quantitative estimate of drug-likeness (QED) is 0.870. The molecule has 0 saturated carbocycles. The Balaban J connectivity index is 2.09. The van der Waals surface area contributed by atoms with Gasteiger partial charge in [-0.2, -0.15) is 0 Å². The van der Waals surface area contributed by atoms with Crippen LogP contribution in [0.15, 0.2) is 12.1 Å². The predicted molar refractivity (Wildman–Crippen MR) is 68.3 cm³/mol. The van der Waals surface area contributed by atoms with Crippen LogP contribution in [0.25, 0.3) is 0 Å². The van der Waals surface area contributed by atoms with Gasteiger partial charge in [-0.3, -0.25) is 4.90 Å². The summed E-state index contributed by atoms with van der Waals surface area (Å²) in [6.07, 6.45) is 1.02. The number of rotatable bonds is 3. The van der Waals surface area contributed by atoms with Crippen LogP contribution in [0.3, 0.4) is 0 Å². The zero-order valence-electron chi connectivity index (χ0n) is 9.99. The molecule has 1 aromatic rings. The van der Waals surface area contributed by atoms with Crippen LogP contribution < -0.4 is 0 Å². The molecule has 0 radical (unpaired) electrons. The van der Waals surface area contributed by atoms with Gasteiger partial charge in [-0.1, -0.05) is 11.6 Å². The number of aliphatic hydroxyl groups excluding tert-OH is 1. The molecule has 1 aromatic carbocycles. The number of aryl methyl sites for hydroxylation is 1. The SMILES string of the molecule is Cc1cc(Cl)cc(CN2CCC(CO)C2)c1O. The van der Waals surface area contributed by atoms with Crippen molar-refractivity contribution in [2.75, 3.05) is 19.7 Å². The molecule has 1 heterocycles. The van der Waals surface area contributed by atoms with Gasteiger partial charge in [0.05, 0.1) is 0 Å². The van der Waals surface area contributed by atoms with Gasteiger partial charge in [0.25, 0.3) is 0 Å². The topological polar surface area (TPSA) is 43.7 Å². The van der Waals surface area contributed by atoms with Crippen LogP contribution in [0.1, 0.15) is 17.5 Å². The Labute approximate surface area is 107 Å². The Hall–Kier alpha value is -0.770. The minimum absolute atomic E-state index is 0.247. The second kappa shape index (κ2) is 5.25. The molecule has 17 heavy (non-hydrogen) atoms. The highest BCUT2D eigenvalue weighted by atomic mass is 35.5. The van der Waals surface area contributed by atoms with Crippen molar-refractivity contribution in [3.05, 3.63) is 28.3 Å². The Morgan fingerprint density at radius 1 is 1.47 bits per heavy atom. The molecule has 0 aromatic heterocycles. The highest BCUT2D eigenvalue weighted by Gasteiger charge is 2.22. The van der Waals surface area contributed by atoms with Gasteiger partial charge in [0.15, 0.2) is 0 Å². The maximum Gasteiger partial charge on any atom is 0.123 e. The predicted octanol–water partition coefficient (Wildman–Crippen LogP) is 2.17. The minimum Gasteiger partial charge on any atom is -0.507 e. The molecular weight excluding hydrogens is 238 g/mol. The first-order valence-electron chi connectivity index (χ1n) is 5.91. The highest BCUT2D eigenvalue weighted by molar-refractivity contribution is 6.30. The Morgan fingerprint density at radius 3 is 2.88 bits per heavy atom. The van der Waals surface area contributed by atoms with Gasteiger partial charge in [-0.05, 0) is 43.5 Å². The third kappa shape index (κ3) is 2.92. The van der Waals surface area contributed by atoms with Gasteiger partial charge in [-0.15, -0.1) is 0 Å². The molecule has 1 aliphatic rings. The molecule has 3 nitrogen and oxygen atoms in total. The molecule has 0 spiro atoms. The van der Waals surface area contributed by atoms with E-state index < -0.39 is 0 Å². The fourth-order valence-corrected chi connectivity index (χ4v) is 2.67. The standard InChI is InChI=1S/C13H18ClNO2/c1-9-4-12(14)5-11(13(9)17)7-15-3-2-10(6-15)8-16/h4-5,10,16-17H,2-3,6-8H2,1H3. The number of likely N-dealkylation sites (tertiary alicyclic amines) is 1. The lowest BCUT2D eigenvalue weighted by Crippen LogP contribution is -2.21. The number of aromatic hydroxyl groups is 1. The molecule has 1 saturated heterocycles. The van der Waals surface area contributed by atoms with Gasteiger partial charge in [0.2, 0.25) is 0 Å². The van der Waals surface area contributed by atoms with E-state index in [1.165, 1.54) is 0 Å². The van der Waals surface area contributed by atoms with Crippen LogP contribution in [-0.2, 0) is 6.54 Å². The summed E-state index contributed by atoms with van der Waals surface area (Å²) in [5, 5.41) is 19.7. The highest BCUT2D eigenvalue weighted by Crippen LogP contribution is 2.29. The van der Waals surface area contributed by atoms with Crippen molar-refractivity contribution in [1.82, 2.24) is 4.90 Å². The molecule has 0 bridgehead atoms. The van der Waals surface area contributed by atoms with Crippen LogP contribution in [0.5, 0.6) is 5.75 Å². The van der Waals surface area contributed by atoms with Gasteiger partial charge in [0.1, 0.15) is 5.75 Å². The molecule has 2 rings (SSSR count). The van der Waals surface area contributed by atoms with E-state index in [1.54, 1.807) is 6.07 Å². The van der Waals surface area contributed by atoms with Crippen molar-refractivity contribution >= 4 is 11.6 Å². The molecule has 4 heteroatoms. The molecule has 1 fully saturated rings. The first kappa shape index (κ1) is 12.7. The zero-order valence-corrected chi connectivity index (χ0v) is 10.7. The number of halogens is 1. The van der Waals surface area contributed by atoms with Crippen LogP contribution in [0.2, 0.25) is 5.02 Å². The van der Waals surface area contributed by atoms with E-state index in [0.717, 1.165) is 30.6 Å². The maximum atomic E-state index is 9.97. The zero-order chi connectivity index (χ0) is 12.4. The molecule has 0 aliphatic carbocycles. The lowest BCUT2D eigenvalue weighted by molar-refractivity contribution is 0.219. The molecule has 0 amide bonds. The second-order valence-electron chi connectivity index (χ2n) is 4.80. The molecular formula is C13H18ClNO2. The Morgan fingerprint density at radius 2 is 2.24 bits per heavy atom. The first-order chi connectivity index (χ1) is 8.10. The summed E-state index contributed by atoms with van der Waals surface area (Å²) in [4.78, 5) is 2.24. The fraction of sp³-hybridized carbons (Fsp3) is 0.538. The average Bonchev–Trinajstić information content (AvgIpc) is 2.73. The van der Waals surface area contributed by atoms with Crippen LogP contribution >= 0.6 is 11.6 Å². The third-order valence-corrected chi connectivity index (χ3v) is 3.58. The summed E-state index contributed by atoms with van der Waals surface area (Å²) in [5.41, 5.74) is 1.68. The van der Waals surface area contributed by atoms with Crippen molar-refractivity contribution in [2.24, 2.45) is 5.92 Å². The summed E-state index contributed by atoms with van der Waals surface area (Å²) in [6.45, 7) is 4.66. The van der Waals surface area contributed by atoms with E-state index in [4.69, 9.17) is 16.7 Å². The smallest absolute Gasteiger partial charge is 0.123 e. The van der Waals surface area contributed by atoms with Crippen LogP contribution in [0.4, 0.5) is 0 Å². The number of phenolic OH excluding ortho intramolecular Hbond substituents is 1. The van der Waals surface area contributed by atoms with Gasteiger partial charge >= 0.3 is 0 Å². The van der Waals surface area contributed by atoms with Gasteiger partial charge in [-0.25, -0.2) is 0 Å². The number of benzene rings is 1. The van der Waals surface area contributed by atoms with E-state index in [9.17, 15) is 5.11 Å². The number of hydrogen-bond acceptors (Lipinski definition) is 3. The van der Waals surface area contributed by atoms with E-state index in [-0.39, 0.29) is 6.61 Å². The van der Waals surface area contributed by atoms with Crippen molar-refractivity contribution in [3.8, 4) is 5.75 Å². The fourth-order valence-electron chi connectivity index (χ4n) is 2.37. The van der Waals surface area contributed by atoms with Crippen LogP contribution in [-0.4, -0.2) is 34.8 Å². The average molecular weight is 256 g/mol. The summed E-state index contributed by atoms with van der Waals surface area (Å²) < 4.78 is 0. The normalized spacial score (nSPS) is 21.0. The number of aliphatic hydroxyl groups is 1. The third-order valence-electron chi connectivity index (χ3n) is 3.37. The maximum absolute atomic E-state index is 9.97. The Kier molecular flexibility index (Phi) is 3.92. The van der Waals surface area contributed by atoms with Crippen LogP contribution in [0, 0.1) is 12.8 Å². The first-order valence-corrected chi connectivity index (χ1v) is 6.29. The lowest BCUT2D eigenvalue weighted by atomic mass is 10.1. The molecule has 2 N–H and O–H groups in total. The number of phenols is 1. The van der Waals surface area contributed by atoms with E-state index in [0.29, 0.717) is 23.2 Å². The summed E-state index contributed by atoms with van der Waals surface area (Å²) in [7, 11) is 0. The van der Waals surface area contributed by atoms with Crippen molar-refractivity contribution in [1.29, 1.82) is 0 Å². The number of hydrogen-bond donors (Lipinski definition) is 2. The van der Waals surface area contributed by atoms with E-state index in [2.05, 4.69) is 4.90 Å². The monoisotopic (exact) mass is 255 g/mol. The van der Waals surface area contributed by atoms with Gasteiger partial charge in [0, 0.05) is 30.3 Å². The molecule has 94 valence electrons. The largest absolute Gasteiger partial charge is 0.507 e. The second-order valence-corrected chi connectivity index (χ2v) is 5.24. The van der Waals surface area contributed by atoms with E-state index in [1.807, 2.05) is 13.0 Å². The Bertz CT molecular complexity index is 409. The minimum atomic E-state index is 0.247. The summed E-state index contributed by atoms with van der Waals surface area (Å²) in [6, 6.07) is 3.58. The summed E-state index contributed by atoms with van der Waals surface area (Å²) >= 11 is 5.99. The number of nitrogens with zero attached hydrogens (tertiary/aromatic N) is 1. The summed E-state index contributed by atoms with van der Waals surface area (Å²) in [5.74, 6) is 0.708. The van der Waals surface area contributed by atoms with Crippen molar-refractivity contribution in [3.63, 3.8) is 0 Å². The van der Waals surface area contributed by atoms with Crippen molar-refractivity contribution < 1.29 is 10.2 Å². The molecule has 1 aliphatic heterocycles.